The van der Waals surface area contributed by atoms with E-state index in [0.29, 0.717) is 23.1 Å². The lowest BCUT2D eigenvalue weighted by Gasteiger charge is -2.13. The first-order chi connectivity index (χ1) is 18.5. The van der Waals surface area contributed by atoms with Gasteiger partial charge >= 0.3 is 0 Å². The van der Waals surface area contributed by atoms with Gasteiger partial charge in [-0.25, -0.2) is 24.6 Å². The zero-order chi connectivity index (χ0) is 25.8. The number of hydrogen-bond acceptors (Lipinski definition) is 8. The Balaban J connectivity index is 1.43. The molecule has 0 atom stereocenters. The van der Waals surface area contributed by atoms with Gasteiger partial charge in [0, 0.05) is 22.1 Å². The summed E-state index contributed by atoms with van der Waals surface area (Å²) in [6, 6.07) is 24.6. The molecule has 0 spiro atoms. The van der Waals surface area contributed by atoms with Crippen LogP contribution in [0.4, 0.5) is 10.9 Å². The van der Waals surface area contributed by atoms with Crippen LogP contribution in [0.25, 0.3) is 54.7 Å². The Bertz CT molecular complexity index is 2010. The van der Waals surface area contributed by atoms with Crippen molar-refractivity contribution in [2.24, 2.45) is 0 Å². The fourth-order valence-electron chi connectivity index (χ4n) is 4.95. The molecule has 4 N–H and O–H groups in total. The molecule has 0 aliphatic heterocycles. The summed E-state index contributed by atoms with van der Waals surface area (Å²) in [5, 5.41) is 7.34. The van der Waals surface area contributed by atoms with Crippen molar-refractivity contribution in [1.82, 2.24) is 29.7 Å². The molecule has 0 saturated carbocycles. The number of pyridine rings is 1. The molecule has 7 rings (SSSR count). The molecule has 3 aromatic carbocycles. The van der Waals surface area contributed by atoms with Crippen molar-refractivity contribution in [3.8, 4) is 22.5 Å². The molecule has 8 nitrogen and oxygen atoms in total. The summed E-state index contributed by atoms with van der Waals surface area (Å²) in [5.41, 5.74) is 20.6. The Morgan fingerprint density at radius 2 is 1.68 bits per heavy atom. The van der Waals surface area contributed by atoms with Crippen LogP contribution in [0.2, 0.25) is 0 Å². The highest BCUT2D eigenvalue weighted by Crippen LogP contribution is 2.35. The molecule has 0 fully saturated rings. The van der Waals surface area contributed by atoms with Gasteiger partial charge in [0.25, 0.3) is 0 Å². The molecule has 0 unspecified atom stereocenters. The van der Waals surface area contributed by atoms with Crippen molar-refractivity contribution in [1.29, 1.82) is 0 Å². The maximum atomic E-state index is 6.39. The number of nitrogens with two attached hydrogens (primary N) is 2. The van der Waals surface area contributed by atoms with Crippen molar-refractivity contribution in [3.05, 3.63) is 90.3 Å². The number of rotatable bonds is 4. The van der Waals surface area contributed by atoms with Gasteiger partial charge < -0.3 is 11.5 Å². The third kappa shape index (κ3) is 3.63. The minimum absolute atomic E-state index is 0.385. The lowest BCUT2D eigenvalue weighted by molar-refractivity contribution is 0.706. The van der Waals surface area contributed by atoms with Crippen LogP contribution in [0.15, 0.2) is 79.1 Å². The van der Waals surface area contributed by atoms with Gasteiger partial charge in [0.05, 0.1) is 33.4 Å². The molecule has 9 heteroatoms. The smallest absolute Gasteiger partial charge is 0.181 e. The van der Waals surface area contributed by atoms with Crippen LogP contribution in [0, 0.1) is 6.92 Å². The van der Waals surface area contributed by atoms with Gasteiger partial charge in [0.2, 0.25) is 0 Å². The average molecular weight is 515 g/mol. The van der Waals surface area contributed by atoms with Crippen molar-refractivity contribution in [2.45, 2.75) is 13.5 Å². The molecule has 4 aromatic heterocycles. The zero-order valence-electron chi connectivity index (χ0n) is 20.5. The summed E-state index contributed by atoms with van der Waals surface area (Å²) in [7, 11) is 0. The molecule has 0 saturated heterocycles. The Hall–Kier alpha value is -4.89. The van der Waals surface area contributed by atoms with E-state index in [-0.39, 0.29) is 0 Å². The van der Waals surface area contributed by atoms with E-state index in [9.17, 15) is 0 Å². The lowest BCUT2D eigenvalue weighted by atomic mass is 9.99. The predicted molar refractivity (Wildman–Crippen MR) is 154 cm³/mol. The van der Waals surface area contributed by atoms with Gasteiger partial charge in [-0.05, 0) is 36.8 Å². The molecule has 0 radical (unpaired) electrons. The van der Waals surface area contributed by atoms with E-state index in [1.165, 1.54) is 17.7 Å². The molecule has 0 aliphatic rings. The maximum absolute atomic E-state index is 6.39. The fraction of sp³-hybridized carbons (Fsp3) is 0.0690. The highest BCUT2D eigenvalue weighted by atomic mass is 32.1. The van der Waals surface area contributed by atoms with Gasteiger partial charge in [-0.3, -0.25) is 0 Å². The first-order valence-electron chi connectivity index (χ1n) is 12.1. The third-order valence-corrected chi connectivity index (χ3v) is 7.61. The number of nitrogen functional groups attached to an aromatic ring is 2. The molecule has 184 valence electrons. The minimum Gasteiger partial charge on any atom is -0.383 e. The number of hydrogen-bond donors (Lipinski definition) is 2. The van der Waals surface area contributed by atoms with Crippen LogP contribution in [0.3, 0.4) is 0 Å². The van der Waals surface area contributed by atoms with E-state index in [4.69, 9.17) is 21.5 Å². The molecule has 0 aliphatic carbocycles. The molecular formula is C29H22N8S. The summed E-state index contributed by atoms with van der Waals surface area (Å²) < 4.78 is 2.88. The molecule has 4 heterocycles. The molecule has 7 aromatic rings. The largest absolute Gasteiger partial charge is 0.383 e. The maximum Gasteiger partial charge on any atom is 0.181 e. The summed E-state index contributed by atoms with van der Waals surface area (Å²) in [4.78, 5) is 18.3. The van der Waals surface area contributed by atoms with E-state index in [1.807, 2.05) is 53.2 Å². The van der Waals surface area contributed by atoms with E-state index < -0.39 is 0 Å². The molecule has 38 heavy (non-hydrogen) atoms. The monoisotopic (exact) mass is 514 g/mol. The Morgan fingerprint density at radius 3 is 2.58 bits per heavy atom. The van der Waals surface area contributed by atoms with Crippen LogP contribution in [-0.4, -0.2) is 29.7 Å². The highest BCUT2D eigenvalue weighted by Gasteiger charge is 2.20. The second kappa shape index (κ2) is 8.60. The predicted octanol–water partition coefficient (Wildman–Crippen LogP) is 5.84. The second-order valence-electron chi connectivity index (χ2n) is 9.20. The first-order valence-corrected chi connectivity index (χ1v) is 12.9. The van der Waals surface area contributed by atoms with Gasteiger partial charge in [-0.2, -0.15) is 5.10 Å². The van der Waals surface area contributed by atoms with Crippen LogP contribution >= 0.6 is 11.3 Å². The lowest BCUT2D eigenvalue weighted by Crippen LogP contribution is -2.06. The van der Waals surface area contributed by atoms with E-state index in [0.717, 1.165) is 60.1 Å². The van der Waals surface area contributed by atoms with Crippen LogP contribution in [0.1, 0.15) is 11.1 Å². The summed E-state index contributed by atoms with van der Waals surface area (Å²) in [5.74, 6) is 0.385. The number of thiazole rings is 1. The number of anilines is 2. The average Bonchev–Trinajstić information content (AvgIpc) is 3.48. The van der Waals surface area contributed by atoms with Gasteiger partial charge in [0.1, 0.15) is 17.8 Å². The van der Waals surface area contributed by atoms with E-state index in [1.54, 1.807) is 0 Å². The van der Waals surface area contributed by atoms with Crippen LogP contribution in [0.5, 0.6) is 0 Å². The van der Waals surface area contributed by atoms with Gasteiger partial charge in [-0.15, -0.1) is 0 Å². The Kier molecular flexibility index (Phi) is 5.05. The van der Waals surface area contributed by atoms with Crippen LogP contribution in [-0.2, 0) is 6.54 Å². The second-order valence-corrected chi connectivity index (χ2v) is 10.3. The highest BCUT2D eigenvalue weighted by molar-refractivity contribution is 7.22. The van der Waals surface area contributed by atoms with E-state index in [2.05, 4.69) is 46.1 Å². The molecule has 0 amide bonds. The third-order valence-electron chi connectivity index (χ3n) is 6.76. The first kappa shape index (κ1) is 22.3. The SMILES string of the molecule is Cc1ccccc1-c1nc2ccccc2cc1Cn1nc(-c2ccc3nc(N)sc3c2)c2c(N)ncnc21. The number of aromatic nitrogens is 6. The number of para-hydroxylation sites is 1. The number of fused-ring (bicyclic) bond motifs is 3. The summed E-state index contributed by atoms with van der Waals surface area (Å²) in [6.07, 6.45) is 1.48. The number of aryl methyl sites for hydroxylation is 1. The van der Waals surface area contributed by atoms with Crippen molar-refractivity contribution in [3.63, 3.8) is 0 Å². The molecule has 0 bridgehead atoms. The summed E-state index contributed by atoms with van der Waals surface area (Å²) >= 11 is 1.44. The standard InChI is InChI=1S/C29H22N8S/c1-16-6-2-4-8-20(16)25-19(12-17-7-3-5-9-21(17)34-25)14-37-28-24(27(30)32-15-33-28)26(36-37)18-10-11-22-23(13-18)38-29(31)35-22/h2-13,15H,14H2,1H3,(H2,31,35)(H2,30,32,33). The topological polar surface area (TPSA) is 121 Å². The normalized spacial score (nSPS) is 11.6. The van der Waals surface area contributed by atoms with Crippen molar-refractivity contribution in [2.75, 3.05) is 11.5 Å². The van der Waals surface area contributed by atoms with Gasteiger partial charge in [-0.1, -0.05) is 59.9 Å². The minimum atomic E-state index is 0.385. The zero-order valence-corrected chi connectivity index (χ0v) is 21.3. The number of nitrogens with zero attached hydrogens (tertiary/aromatic N) is 6. The van der Waals surface area contributed by atoms with Crippen LogP contribution < -0.4 is 11.5 Å². The Labute approximate surface area is 221 Å². The van der Waals surface area contributed by atoms with Crippen molar-refractivity contribution >= 4 is 54.4 Å². The quantitative estimate of drug-likeness (QED) is 0.303. The summed E-state index contributed by atoms with van der Waals surface area (Å²) in [6.45, 7) is 2.57. The van der Waals surface area contributed by atoms with Gasteiger partial charge in [0.15, 0.2) is 10.8 Å². The fourth-order valence-corrected chi connectivity index (χ4v) is 5.72. The van der Waals surface area contributed by atoms with E-state index >= 15 is 0 Å². The number of benzene rings is 3. The molecular weight excluding hydrogens is 492 g/mol. The van der Waals surface area contributed by atoms with Crippen molar-refractivity contribution < 1.29 is 0 Å². The Morgan fingerprint density at radius 1 is 0.842 bits per heavy atom.